The third kappa shape index (κ3) is 3.53. The number of aromatic nitrogens is 2. The van der Waals surface area contributed by atoms with Crippen molar-refractivity contribution < 1.29 is 14.3 Å². The van der Waals surface area contributed by atoms with Crippen LogP contribution in [0.4, 0.5) is 5.69 Å². The van der Waals surface area contributed by atoms with Gasteiger partial charge in [-0.05, 0) is 26.0 Å². The van der Waals surface area contributed by atoms with Gasteiger partial charge in [0.05, 0.1) is 13.7 Å². The molecule has 0 aliphatic heterocycles. The fourth-order valence-corrected chi connectivity index (χ4v) is 1.86. The Bertz CT molecular complexity index is 622. The van der Waals surface area contributed by atoms with Gasteiger partial charge in [0.25, 0.3) is 5.91 Å². The number of anilines is 1. The fraction of sp³-hybridized carbons (Fsp3) is 0.333. The summed E-state index contributed by atoms with van der Waals surface area (Å²) in [5.41, 5.74) is 1.08. The van der Waals surface area contributed by atoms with Gasteiger partial charge in [-0.15, -0.1) is 5.10 Å². The topological polar surface area (TPSA) is 65.4 Å². The van der Waals surface area contributed by atoms with E-state index in [9.17, 15) is 4.79 Å². The number of hydrogen-bond acceptors (Lipinski definition) is 4. The maximum absolute atomic E-state index is 12.4. The van der Waals surface area contributed by atoms with Gasteiger partial charge in [0.1, 0.15) is 11.3 Å². The first-order valence-electron chi connectivity index (χ1n) is 6.83. The number of nitrogens with zero attached hydrogens (tertiary/aromatic N) is 2. The molecule has 1 amide bonds. The number of amides is 1. The first kappa shape index (κ1) is 14.9. The Morgan fingerprint density at radius 3 is 2.86 bits per heavy atom. The lowest BCUT2D eigenvalue weighted by Crippen LogP contribution is -2.12. The lowest BCUT2D eigenvalue weighted by molar-refractivity contribution is 0.102. The van der Waals surface area contributed by atoms with Crippen LogP contribution in [0, 0.1) is 0 Å². The minimum atomic E-state index is -0.258. The monoisotopic (exact) mass is 289 g/mol. The lowest BCUT2D eigenvalue weighted by atomic mass is 10.2. The number of carbonyl (C=O) groups is 1. The number of nitrogens with one attached hydrogen (secondary N) is 1. The molecule has 1 N–H and O–H groups in total. The Balaban J connectivity index is 2.20. The normalized spacial score (nSPS) is 10.2. The van der Waals surface area contributed by atoms with Crippen molar-refractivity contribution in [2.45, 2.75) is 20.4 Å². The van der Waals surface area contributed by atoms with Gasteiger partial charge in [-0.1, -0.05) is 6.07 Å². The van der Waals surface area contributed by atoms with E-state index in [2.05, 4.69) is 10.4 Å². The first-order chi connectivity index (χ1) is 10.2. The zero-order valence-corrected chi connectivity index (χ0v) is 12.4. The second-order valence-electron chi connectivity index (χ2n) is 4.32. The van der Waals surface area contributed by atoms with Crippen molar-refractivity contribution in [3.63, 3.8) is 0 Å². The van der Waals surface area contributed by atoms with E-state index in [-0.39, 0.29) is 5.91 Å². The first-order valence-corrected chi connectivity index (χ1v) is 6.83. The summed E-state index contributed by atoms with van der Waals surface area (Å²) >= 11 is 0. The lowest BCUT2D eigenvalue weighted by Gasteiger charge is -2.07. The molecule has 1 aromatic heterocycles. The zero-order chi connectivity index (χ0) is 15.2. The van der Waals surface area contributed by atoms with Crippen molar-refractivity contribution in [3.05, 3.63) is 36.0 Å². The third-order valence-electron chi connectivity index (χ3n) is 2.91. The van der Waals surface area contributed by atoms with E-state index >= 15 is 0 Å². The molecule has 0 aliphatic carbocycles. The van der Waals surface area contributed by atoms with Crippen LogP contribution in [0.2, 0.25) is 0 Å². The van der Waals surface area contributed by atoms with Crippen LogP contribution in [0.3, 0.4) is 0 Å². The highest BCUT2D eigenvalue weighted by Crippen LogP contribution is 2.21. The quantitative estimate of drug-likeness (QED) is 0.887. The minimum Gasteiger partial charge on any atom is -0.497 e. The molecule has 2 aromatic rings. The van der Waals surface area contributed by atoms with Crippen LogP contribution < -0.4 is 14.8 Å². The molecule has 0 radical (unpaired) electrons. The Morgan fingerprint density at radius 1 is 1.38 bits per heavy atom. The molecule has 1 heterocycles. The zero-order valence-electron chi connectivity index (χ0n) is 12.4. The van der Waals surface area contributed by atoms with Crippen molar-refractivity contribution in [1.29, 1.82) is 0 Å². The van der Waals surface area contributed by atoms with Gasteiger partial charge in [0.15, 0.2) is 0 Å². The van der Waals surface area contributed by atoms with Crippen LogP contribution in [0.15, 0.2) is 30.5 Å². The third-order valence-corrected chi connectivity index (χ3v) is 2.91. The summed E-state index contributed by atoms with van der Waals surface area (Å²) in [5.74, 6) is 0.772. The summed E-state index contributed by atoms with van der Waals surface area (Å²) in [6, 6.07) is 7.18. The van der Waals surface area contributed by atoms with Crippen molar-refractivity contribution in [2.75, 3.05) is 19.0 Å². The molecule has 0 atom stereocenters. The number of ether oxygens (including phenoxy) is 2. The largest absolute Gasteiger partial charge is 0.497 e. The van der Waals surface area contributed by atoms with Gasteiger partial charge in [-0.2, -0.15) is 0 Å². The van der Waals surface area contributed by atoms with E-state index in [1.165, 1.54) is 0 Å². The molecule has 112 valence electrons. The van der Waals surface area contributed by atoms with Crippen LogP contribution in [-0.2, 0) is 6.54 Å². The van der Waals surface area contributed by atoms with Crippen molar-refractivity contribution in [1.82, 2.24) is 9.78 Å². The van der Waals surface area contributed by atoms with Crippen molar-refractivity contribution in [2.24, 2.45) is 0 Å². The van der Waals surface area contributed by atoms with E-state index in [1.54, 1.807) is 30.1 Å². The smallest absolute Gasteiger partial charge is 0.262 e. The summed E-state index contributed by atoms with van der Waals surface area (Å²) < 4.78 is 12.2. The Morgan fingerprint density at radius 2 is 2.19 bits per heavy atom. The Labute approximate surface area is 123 Å². The molecule has 1 aromatic carbocycles. The molecule has 21 heavy (non-hydrogen) atoms. The highest BCUT2D eigenvalue weighted by Gasteiger charge is 2.17. The van der Waals surface area contributed by atoms with Crippen LogP contribution >= 0.6 is 0 Å². The minimum absolute atomic E-state index is 0.258. The number of benzene rings is 1. The average molecular weight is 289 g/mol. The number of hydrogen-bond donors (Lipinski definition) is 1. The van der Waals surface area contributed by atoms with E-state index in [1.807, 2.05) is 26.0 Å². The van der Waals surface area contributed by atoms with E-state index in [4.69, 9.17) is 9.47 Å². The van der Waals surface area contributed by atoms with Crippen LogP contribution in [-0.4, -0.2) is 29.4 Å². The van der Waals surface area contributed by atoms with Gasteiger partial charge >= 0.3 is 0 Å². The molecule has 0 spiro atoms. The standard InChI is InChI=1S/C15H19N3O3/c1-4-18-10-13(15(17-18)21-5-2)14(19)16-11-7-6-8-12(9-11)20-3/h6-10H,4-5H2,1-3H3,(H,16,19). The molecule has 6 nitrogen and oxygen atoms in total. The summed E-state index contributed by atoms with van der Waals surface area (Å²) in [6.45, 7) is 4.94. The second kappa shape index (κ2) is 6.78. The summed E-state index contributed by atoms with van der Waals surface area (Å²) in [4.78, 5) is 12.4. The molecule has 2 rings (SSSR count). The molecule has 0 bridgehead atoms. The predicted molar refractivity (Wildman–Crippen MR) is 80.0 cm³/mol. The molecular formula is C15H19N3O3. The van der Waals surface area contributed by atoms with E-state index in [0.29, 0.717) is 36.0 Å². The maximum Gasteiger partial charge on any atom is 0.262 e. The molecule has 0 fully saturated rings. The van der Waals surface area contributed by atoms with Gasteiger partial charge in [-0.25, -0.2) is 0 Å². The fourth-order valence-electron chi connectivity index (χ4n) is 1.86. The summed E-state index contributed by atoms with van der Waals surface area (Å²) in [7, 11) is 1.58. The van der Waals surface area contributed by atoms with Gasteiger partial charge in [0.2, 0.25) is 5.88 Å². The van der Waals surface area contributed by atoms with Gasteiger partial charge in [0, 0.05) is 24.5 Å². The molecule has 6 heteroatoms. The predicted octanol–water partition coefficient (Wildman–Crippen LogP) is 2.56. The SMILES string of the molecule is CCOc1nn(CC)cc1C(=O)Nc1cccc(OC)c1. The molecule has 0 saturated heterocycles. The Kier molecular flexibility index (Phi) is 4.81. The number of carbonyl (C=O) groups excluding carboxylic acids is 1. The molecule has 0 saturated carbocycles. The van der Waals surface area contributed by atoms with Crippen molar-refractivity contribution >= 4 is 11.6 Å². The van der Waals surface area contributed by atoms with Crippen LogP contribution in [0.1, 0.15) is 24.2 Å². The molecular weight excluding hydrogens is 270 g/mol. The summed E-state index contributed by atoms with van der Waals surface area (Å²) in [5, 5.41) is 7.04. The second-order valence-corrected chi connectivity index (χ2v) is 4.32. The highest BCUT2D eigenvalue weighted by atomic mass is 16.5. The van der Waals surface area contributed by atoms with E-state index < -0.39 is 0 Å². The number of aryl methyl sites for hydroxylation is 1. The average Bonchev–Trinajstić information content (AvgIpc) is 2.91. The van der Waals surface area contributed by atoms with Gasteiger partial charge < -0.3 is 14.8 Å². The van der Waals surface area contributed by atoms with Gasteiger partial charge in [-0.3, -0.25) is 9.48 Å². The molecule has 0 unspecified atom stereocenters. The Hall–Kier alpha value is -2.50. The van der Waals surface area contributed by atoms with Crippen LogP contribution in [0.25, 0.3) is 0 Å². The van der Waals surface area contributed by atoms with Crippen molar-refractivity contribution in [3.8, 4) is 11.6 Å². The maximum atomic E-state index is 12.4. The van der Waals surface area contributed by atoms with E-state index in [0.717, 1.165) is 0 Å². The summed E-state index contributed by atoms with van der Waals surface area (Å²) in [6.07, 6.45) is 1.68. The number of methoxy groups -OCH3 is 1. The number of rotatable bonds is 6. The van der Waals surface area contributed by atoms with Crippen LogP contribution in [0.5, 0.6) is 11.6 Å². The molecule has 0 aliphatic rings. The highest BCUT2D eigenvalue weighted by molar-refractivity contribution is 6.05.